The van der Waals surface area contributed by atoms with Crippen LogP contribution in [0.2, 0.25) is 0 Å². The number of hydrogen-bond acceptors (Lipinski definition) is 2. The van der Waals surface area contributed by atoms with Gasteiger partial charge in [0.2, 0.25) is 0 Å². The molecule has 0 aromatic carbocycles. The summed E-state index contributed by atoms with van der Waals surface area (Å²) in [5, 5.41) is 8.78. The molecule has 1 aliphatic rings. The van der Waals surface area contributed by atoms with Gasteiger partial charge in [-0.05, 0) is 31.4 Å². The Morgan fingerprint density at radius 1 is 1.50 bits per heavy atom. The van der Waals surface area contributed by atoms with Crippen molar-refractivity contribution in [3.8, 4) is 0 Å². The maximum atomic E-state index is 10.7. The predicted octanol–water partition coefficient (Wildman–Crippen LogP) is 2.90. The minimum atomic E-state index is -0.728. The fourth-order valence-electron chi connectivity index (χ4n) is 1.50. The first kappa shape index (κ1) is 12.6. The summed E-state index contributed by atoms with van der Waals surface area (Å²) in [5.74, 6) is -0.154. The Morgan fingerprint density at radius 2 is 2.25 bits per heavy atom. The molecule has 3 heteroatoms. The predicted molar refractivity (Wildman–Crippen MR) is 63.0 cm³/mol. The fraction of sp³-hybridized carbons (Fsp3) is 0.462. The second kappa shape index (κ2) is 6.16. The number of carboxylic acid groups (broad SMARTS) is 1. The molecule has 0 radical (unpaired) electrons. The van der Waals surface area contributed by atoms with Crippen LogP contribution in [0.4, 0.5) is 0 Å². The average Bonchev–Trinajstić information content (AvgIpc) is 2.50. The zero-order chi connectivity index (χ0) is 12.0. The first-order valence-corrected chi connectivity index (χ1v) is 5.47. The zero-order valence-corrected chi connectivity index (χ0v) is 9.77. The van der Waals surface area contributed by atoms with Gasteiger partial charge in [0.25, 0.3) is 0 Å². The van der Waals surface area contributed by atoms with Gasteiger partial charge in [0, 0.05) is 0 Å². The van der Waals surface area contributed by atoms with E-state index in [0.717, 1.165) is 18.6 Å². The summed E-state index contributed by atoms with van der Waals surface area (Å²) in [7, 11) is 1.65. The standard InChI is InChI=1S/C13H18O3/c1-10(13(14)15)6-7-11-4-3-5-12(16-2)9-8-11/h4-5,8-10H,3,6-7H2,1-2H3,(H,14,15). The largest absolute Gasteiger partial charge is 0.497 e. The molecular weight excluding hydrogens is 204 g/mol. The average molecular weight is 222 g/mol. The van der Waals surface area contributed by atoms with E-state index in [9.17, 15) is 4.79 Å². The van der Waals surface area contributed by atoms with Crippen LogP contribution in [0.25, 0.3) is 0 Å². The van der Waals surface area contributed by atoms with E-state index in [4.69, 9.17) is 9.84 Å². The van der Waals surface area contributed by atoms with E-state index >= 15 is 0 Å². The van der Waals surface area contributed by atoms with Crippen molar-refractivity contribution < 1.29 is 14.6 Å². The van der Waals surface area contributed by atoms with E-state index in [1.807, 2.05) is 18.2 Å². The van der Waals surface area contributed by atoms with Crippen molar-refractivity contribution in [3.05, 3.63) is 35.6 Å². The lowest BCUT2D eigenvalue weighted by molar-refractivity contribution is -0.141. The third kappa shape index (κ3) is 3.93. The quantitative estimate of drug-likeness (QED) is 0.778. The van der Waals surface area contributed by atoms with Crippen molar-refractivity contribution in [2.24, 2.45) is 5.92 Å². The monoisotopic (exact) mass is 222 g/mol. The Balaban J connectivity index is 2.46. The first-order chi connectivity index (χ1) is 7.63. The van der Waals surface area contributed by atoms with E-state index in [-0.39, 0.29) is 5.92 Å². The van der Waals surface area contributed by atoms with Crippen LogP contribution < -0.4 is 0 Å². The third-order valence-electron chi connectivity index (χ3n) is 2.68. The van der Waals surface area contributed by atoms with Crippen molar-refractivity contribution in [1.82, 2.24) is 0 Å². The second-order valence-electron chi connectivity index (χ2n) is 3.94. The summed E-state index contributed by atoms with van der Waals surface area (Å²) in [6.45, 7) is 1.74. The maximum absolute atomic E-state index is 10.7. The molecule has 1 unspecified atom stereocenters. The molecule has 0 heterocycles. The molecule has 0 aromatic rings. The summed E-state index contributed by atoms with van der Waals surface area (Å²) in [6.07, 6.45) is 10.3. The molecule has 1 aliphatic carbocycles. The lowest BCUT2D eigenvalue weighted by Crippen LogP contribution is -2.09. The van der Waals surface area contributed by atoms with Gasteiger partial charge in [0.1, 0.15) is 5.76 Å². The number of carboxylic acids is 1. The van der Waals surface area contributed by atoms with Crippen LogP contribution in [0.3, 0.4) is 0 Å². The lowest BCUT2D eigenvalue weighted by Gasteiger charge is -2.06. The Morgan fingerprint density at radius 3 is 2.88 bits per heavy atom. The summed E-state index contributed by atoms with van der Waals surface area (Å²) in [5.41, 5.74) is 1.18. The highest BCUT2D eigenvalue weighted by Gasteiger charge is 2.10. The van der Waals surface area contributed by atoms with Crippen molar-refractivity contribution in [2.45, 2.75) is 26.2 Å². The van der Waals surface area contributed by atoms with Gasteiger partial charge in [-0.15, -0.1) is 0 Å². The molecule has 0 saturated heterocycles. The lowest BCUT2D eigenvalue weighted by atomic mass is 10.0. The molecule has 0 aromatic heterocycles. The molecule has 1 N–H and O–H groups in total. The summed E-state index contributed by atoms with van der Waals surface area (Å²) >= 11 is 0. The van der Waals surface area contributed by atoms with E-state index in [1.54, 1.807) is 14.0 Å². The van der Waals surface area contributed by atoms with Crippen molar-refractivity contribution in [1.29, 1.82) is 0 Å². The molecule has 1 rings (SSSR count). The molecule has 88 valence electrons. The van der Waals surface area contributed by atoms with Gasteiger partial charge < -0.3 is 9.84 Å². The normalized spacial score (nSPS) is 17.1. The van der Waals surface area contributed by atoms with Crippen LogP contribution in [-0.2, 0) is 9.53 Å². The number of allylic oxidation sites excluding steroid dienone is 5. The van der Waals surface area contributed by atoms with E-state index in [0.29, 0.717) is 6.42 Å². The number of carbonyl (C=O) groups is 1. The molecule has 1 atom stereocenters. The summed E-state index contributed by atoms with van der Waals surface area (Å²) in [6, 6.07) is 0. The van der Waals surface area contributed by atoms with E-state index < -0.39 is 5.97 Å². The van der Waals surface area contributed by atoms with Crippen molar-refractivity contribution >= 4 is 5.97 Å². The SMILES string of the molecule is COC1=CCC=C(CCC(C)C(=O)O)C=C1. The minimum Gasteiger partial charge on any atom is -0.497 e. The molecule has 0 fully saturated rings. The fourth-order valence-corrected chi connectivity index (χ4v) is 1.50. The number of ether oxygens (including phenoxy) is 1. The minimum absolute atomic E-state index is 0.285. The second-order valence-corrected chi connectivity index (χ2v) is 3.94. The summed E-state index contributed by atoms with van der Waals surface area (Å²) in [4.78, 5) is 10.7. The van der Waals surface area contributed by atoms with Gasteiger partial charge in [0.05, 0.1) is 13.0 Å². The van der Waals surface area contributed by atoms with Crippen LogP contribution in [0.15, 0.2) is 35.6 Å². The zero-order valence-electron chi connectivity index (χ0n) is 9.77. The molecule has 16 heavy (non-hydrogen) atoms. The van der Waals surface area contributed by atoms with Crippen LogP contribution in [-0.4, -0.2) is 18.2 Å². The highest BCUT2D eigenvalue weighted by atomic mass is 16.5. The number of hydrogen-bond donors (Lipinski definition) is 1. The molecule has 0 saturated carbocycles. The van der Waals surface area contributed by atoms with Crippen molar-refractivity contribution in [3.63, 3.8) is 0 Å². The molecule has 3 nitrogen and oxygen atoms in total. The van der Waals surface area contributed by atoms with Crippen LogP contribution in [0, 0.1) is 5.92 Å². The van der Waals surface area contributed by atoms with Gasteiger partial charge >= 0.3 is 5.97 Å². The first-order valence-electron chi connectivity index (χ1n) is 5.47. The Labute approximate surface area is 96.1 Å². The molecular formula is C13H18O3. The van der Waals surface area contributed by atoms with E-state index in [1.165, 1.54) is 5.57 Å². The van der Waals surface area contributed by atoms with Crippen LogP contribution in [0.5, 0.6) is 0 Å². The topological polar surface area (TPSA) is 46.5 Å². The summed E-state index contributed by atoms with van der Waals surface area (Å²) < 4.78 is 5.13. The Bertz CT molecular complexity index is 337. The smallest absolute Gasteiger partial charge is 0.306 e. The van der Waals surface area contributed by atoms with Crippen LogP contribution in [0.1, 0.15) is 26.2 Å². The Kier molecular flexibility index (Phi) is 4.83. The number of methoxy groups -OCH3 is 1. The van der Waals surface area contributed by atoms with Gasteiger partial charge in [-0.2, -0.15) is 0 Å². The molecule has 0 aliphatic heterocycles. The van der Waals surface area contributed by atoms with Crippen molar-refractivity contribution in [2.75, 3.05) is 7.11 Å². The van der Waals surface area contributed by atoms with Gasteiger partial charge in [-0.3, -0.25) is 4.79 Å². The maximum Gasteiger partial charge on any atom is 0.306 e. The van der Waals surface area contributed by atoms with E-state index in [2.05, 4.69) is 6.08 Å². The van der Waals surface area contributed by atoms with Gasteiger partial charge in [-0.1, -0.05) is 24.6 Å². The van der Waals surface area contributed by atoms with Gasteiger partial charge in [0.15, 0.2) is 0 Å². The third-order valence-corrected chi connectivity index (χ3v) is 2.68. The van der Waals surface area contributed by atoms with Crippen LogP contribution >= 0.6 is 0 Å². The molecule has 0 spiro atoms. The molecule has 0 amide bonds. The number of aliphatic carboxylic acids is 1. The number of rotatable bonds is 5. The highest BCUT2D eigenvalue weighted by Crippen LogP contribution is 2.18. The van der Waals surface area contributed by atoms with Gasteiger partial charge in [-0.25, -0.2) is 0 Å². The Hall–Kier alpha value is -1.51. The molecule has 0 bridgehead atoms. The highest BCUT2D eigenvalue weighted by molar-refractivity contribution is 5.69.